The van der Waals surface area contributed by atoms with Gasteiger partial charge in [0.2, 0.25) is 5.88 Å². The predicted molar refractivity (Wildman–Crippen MR) is 62.1 cm³/mol. The Morgan fingerprint density at radius 1 is 1.40 bits per heavy atom. The number of rotatable bonds is 5. The highest BCUT2D eigenvalue weighted by Crippen LogP contribution is 2.12. The quantitative estimate of drug-likeness (QED) is 0.806. The molecular formula is C12H20N2O. The lowest BCUT2D eigenvalue weighted by Gasteiger charge is -2.10. The van der Waals surface area contributed by atoms with Gasteiger partial charge in [-0.25, -0.2) is 4.98 Å². The van der Waals surface area contributed by atoms with Crippen molar-refractivity contribution in [3.8, 4) is 5.88 Å². The lowest BCUT2D eigenvalue weighted by atomic mass is 10.2. The Morgan fingerprint density at radius 3 is 2.73 bits per heavy atom. The lowest BCUT2D eigenvalue weighted by Crippen LogP contribution is -2.21. The summed E-state index contributed by atoms with van der Waals surface area (Å²) in [6.45, 7) is 9.75. The second kappa shape index (κ2) is 5.71. The largest absolute Gasteiger partial charge is 0.478 e. The average Bonchev–Trinajstić information content (AvgIpc) is 2.14. The van der Waals surface area contributed by atoms with Gasteiger partial charge in [0, 0.05) is 24.3 Å². The smallest absolute Gasteiger partial charge is 0.213 e. The number of hydrogen-bond donors (Lipinski definition) is 1. The molecule has 0 unspecified atom stereocenters. The minimum atomic E-state index is 0.494. The summed E-state index contributed by atoms with van der Waals surface area (Å²) in [5.74, 6) is 0.720. The van der Waals surface area contributed by atoms with Gasteiger partial charge in [0.25, 0.3) is 0 Å². The molecule has 0 amide bonds. The minimum absolute atomic E-state index is 0.494. The third-order valence-corrected chi connectivity index (χ3v) is 2.00. The molecule has 1 N–H and O–H groups in total. The van der Waals surface area contributed by atoms with Gasteiger partial charge in [-0.3, -0.25) is 0 Å². The Balaban J connectivity index is 2.70. The summed E-state index contributed by atoms with van der Waals surface area (Å²) in [5.41, 5.74) is 2.22. The van der Waals surface area contributed by atoms with Crippen LogP contribution in [0, 0.1) is 6.92 Å². The number of nitrogens with one attached hydrogen (secondary N) is 1. The summed E-state index contributed by atoms with van der Waals surface area (Å²) < 4.78 is 5.40. The van der Waals surface area contributed by atoms with Crippen molar-refractivity contribution in [2.45, 2.75) is 40.3 Å². The predicted octanol–water partition coefficient (Wildman–Crippen LogP) is 2.29. The first kappa shape index (κ1) is 12.0. The van der Waals surface area contributed by atoms with Crippen molar-refractivity contribution in [1.29, 1.82) is 0 Å². The molecule has 1 heterocycles. The van der Waals surface area contributed by atoms with Crippen LogP contribution >= 0.6 is 0 Å². The molecule has 15 heavy (non-hydrogen) atoms. The maximum absolute atomic E-state index is 5.40. The van der Waals surface area contributed by atoms with Gasteiger partial charge in [0.15, 0.2) is 0 Å². The van der Waals surface area contributed by atoms with Crippen molar-refractivity contribution in [3.05, 3.63) is 23.4 Å². The van der Waals surface area contributed by atoms with Crippen LogP contribution in [0.5, 0.6) is 5.88 Å². The first-order valence-corrected chi connectivity index (χ1v) is 5.45. The van der Waals surface area contributed by atoms with E-state index in [1.165, 1.54) is 5.56 Å². The SMILES string of the molecule is CCOc1cc(CNC(C)C)cc(C)n1. The van der Waals surface area contributed by atoms with Crippen LogP contribution in [0.1, 0.15) is 32.0 Å². The molecule has 0 fully saturated rings. The van der Waals surface area contributed by atoms with Gasteiger partial charge in [-0.2, -0.15) is 0 Å². The van der Waals surface area contributed by atoms with Gasteiger partial charge in [-0.15, -0.1) is 0 Å². The monoisotopic (exact) mass is 208 g/mol. The summed E-state index contributed by atoms with van der Waals surface area (Å²) in [6.07, 6.45) is 0. The number of hydrogen-bond acceptors (Lipinski definition) is 3. The maximum Gasteiger partial charge on any atom is 0.213 e. The molecule has 84 valence electrons. The van der Waals surface area contributed by atoms with E-state index in [1.54, 1.807) is 0 Å². The van der Waals surface area contributed by atoms with Crippen LogP contribution in [0.25, 0.3) is 0 Å². The normalized spacial score (nSPS) is 10.7. The zero-order valence-electron chi connectivity index (χ0n) is 10.0. The molecule has 0 aliphatic heterocycles. The second-order valence-electron chi connectivity index (χ2n) is 3.92. The van der Waals surface area contributed by atoms with Crippen molar-refractivity contribution in [2.75, 3.05) is 6.61 Å². The van der Waals surface area contributed by atoms with Crippen LogP contribution in [0.15, 0.2) is 12.1 Å². The fraction of sp³-hybridized carbons (Fsp3) is 0.583. The van der Waals surface area contributed by atoms with Crippen LogP contribution in [-0.4, -0.2) is 17.6 Å². The van der Waals surface area contributed by atoms with Crippen LogP contribution in [0.2, 0.25) is 0 Å². The fourth-order valence-corrected chi connectivity index (χ4v) is 1.35. The average molecular weight is 208 g/mol. The van der Waals surface area contributed by atoms with Crippen LogP contribution in [0.4, 0.5) is 0 Å². The number of aryl methyl sites for hydroxylation is 1. The third kappa shape index (κ3) is 4.30. The molecular weight excluding hydrogens is 188 g/mol. The van der Waals surface area contributed by atoms with E-state index in [9.17, 15) is 0 Å². The van der Waals surface area contributed by atoms with Gasteiger partial charge in [-0.05, 0) is 25.5 Å². The fourth-order valence-electron chi connectivity index (χ4n) is 1.35. The van der Waals surface area contributed by atoms with E-state index in [1.807, 2.05) is 19.9 Å². The third-order valence-electron chi connectivity index (χ3n) is 2.00. The Kier molecular flexibility index (Phi) is 4.56. The molecule has 3 heteroatoms. The molecule has 1 aromatic heterocycles. The van der Waals surface area contributed by atoms with Gasteiger partial charge in [0.1, 0.15) is 0 Å². The number of ether oxygens (including phenoxy) is 1. The zero-order valence-corrected chi connectivity index (χ0v) is 10.0. The van der Waals surface area contributed by atoms with Crippen LogP contribution in [0.3, 0.4) is 0 Å². The van der Waals surface area contributed by atoms with Crippen molar-refractivity contribution < 1.29 is 4.74 Å². The molecule has 1 rings (SSSR count). The molecule has 0 saturated carbocycles. The molecule has 0 aliphatic carbocycles. The molecule has 3 nitrogen and oxygen atoms in total. The summed E-state index contributed by atoms with van der Waals surface area (Å²) in [4.78, 5) is 4.30. The van der Waals surface area contributed by atoms with E-state index in [4.69, 9.17) is 4.74 Å². The Morgan fingerprint density at radius 2 is 2.13 bits per heavy atom. The molecule has 0 aromatic carbocycles. The van der Waals surface area contributed by atoms with Gasteiger partial charge < -0.3 is 10.1 Å². The van der Waals surface area contributed by atoms with E-state index in [2.05, 4.69) is 30.2 Å². The van der Waals surface area contributed by atoms with Gasteiger partial charge >= 0.3 is 0 Å². The molecule has 0 saturated heterocycles. The second-order valence-corrected chi connectivity index (χ2v) is 3.92. The highest BCUT2D eigenvalue weighted by molar-refractivity contribution is 5.24. The zero-order chi connectivity index (χ0) is 11.3. The van der Waals surface area contributed by atoms with Crippen LogP contribution < -0.4 is 10.1 Å². The summed E-state index contributed by atoms with van der Waals surface area (Å²) in [6, 6.07) is 4.57. The topological polar surface area (TPSA) is 34.1 Å². The Hall–Kier alpha value is -1.09. The van der Waals surface area contributed by atoms with Crippen molar-refractivity contribution in [1.82, 2.24) is 10.3 Å². The maximum atomic E-state index is 5.40. The molecule has 0 spiro atoms. The molecule has 0 atom stereocenters. The molecule has 0 radical (unpaired) electrons. The first-order chi connectivity index (χ1) is 7.11. The lowest BCUT2D eigenvalue weighted by molar-refractivity contribution is 0.325. The highest BCUT2D eigenvalue weighted by atomic mass is 16.5. The van der Waals surface area contributed by atoms with E-state index in [0.29, 0.717) is 12.6 Å². The van der Waals surface area contributed by atoms with Gasteiger partial charge in [-0.1, -0.05) is 13.8 Å². The van der Waals surface area contributed by atoms with E-state index >= 15 is 0 Å². The molecule has 0 bridgehead atoms. The molecule has 0 aliphatic rings. The van der Waals surface area contributed by atoms with E-state index < -0.39 is 0 Å². The molecule has 1 aromatic rings. The summed E-state index contributed by atoms with van der Waals surface area (Å²) >= 11 is 0. The van der Waals surface area contributed by atoms with Gasteiger partial charge in [0.05, 0.1) is 6.61 Å². The van der Waals surface area contributed by atoms with Crippen LogP contribution in [-0.2, 0) is 6.54 Å². The van der Waals surface area contributed by atoms with Crippen molar-refractivity contribution >= 4 is 0 Å². The highest BCUT2D eigenvalue weighted by Gasteiger charge is 2.01. The number of pyridine rings is 1. The van der Waals surface area contributed by atoms with Crippen molar-refractivity contribution in [2.24, 2.45) is 0 Å². The standard InChI is InChI=1S/C12H20N2O/c1-5-15-12-7-11(6-10(4)14-12)8-13-9(2)3/h6-7,9,13H,5,8H2,1-4H3. The summed E-state index contributed by atoms with van der Waals surface area (Å²) in [5, 5.41) is 3.37. The van der Waals surface area contributed by atoms with Crippen molar-refractivity contribution in [3.63, 3.8) is 0 Å². The first-order valence-electron chi connectivity index (χ1n) is 5.45. The van der Waals surface area contributed by atoms with E-state index in [0.717, 1.165) is 18.1 Å². The van der Waals surface area contributed by atoms with E-state index in [-0.39, 0.29) is 0 Å². The number of nitrogens with zero attached hydrogens (tertiary/aromatic N) is 1. The Labute approximate surface area is 91.9 Å². The summed E-state index contributed by atoms with van der Waals surface area (Å²) in [7, 11) is 0. The Bertz CT molecular complexity index is 310. The minimum Gasteiger partial charge on any atom is -0.478 e. The number of aromatic nitrogens is 1.